The van der Waals surface area contributed by atoms with Gasteiger partial charge in [0.25, 0.3) is 0 Å². The van der Waals surface area contributed by atoms with Gasteiger partial charge in [0, 0.05) is 11.8 Å². The Morgan fingerprint density at radius 1 is 0.893 bits per heavy atom. The number of anilines is 1. The minimum atomic E-state index is -5.00. The molecule has 3 rings (SSSR count). The van der Waals surface area contributed by atoms with Gasteiger partial charge in [-0.15, -0.1) is 0 Å². The molecule has 0 aliphatic carbocycles. The normalized spacial score (nSPS) is 13.8. The Balaban J connectivity index is 1.79. The van der Waals surface area contributed by atoms with Crippen LogP contribution in [0, 0.1) is 0 Å². The third kappa shape index (κ3) is 4.56. The van der Waals surface area contributed by atoms with E-state index >= 15 is 0 Å². The highest BCUT2D eigenvalue weighted by molar-refractivity contribution is 6.02. The second kappa shape index (κ2) is 7.10. The first-order valence-corrected chi connectivity index (χ1v) is 7.70. The van der Waals surface area contributed by atoms with Crippen molar-refractivity contribution < 1.29 is 40.6 Å². The zero-order valence-electron chi connectivity index (χ0n) is 13.8. The van der Waals surface area contributed by atoms with Crippen LogP contribution in [0.5, 0.6) is 11.5 Å². The van der Waals surface area contributed by atoms with E-state index in [4.69, 9.17) is 9.47 Å². The molecule has 0 spiro atoms. The molecule has 1 amide bonds. The Hall–Kier alpha value is -3.17. The van der Waals surface area contributed by atoms with Crippen LogP contribution in [0.4, 0.5) is 32.0 Å². The third-order valence-electron chi connectivity index (χ3n) is 3.68. The van der Waals surface area contributed by atoms with Crippen molar-refractivity contribution in [3.05, 3.63) is 59.2 Å². The maximum Gasteiger partial charge on any atom is 0.416 e. The molecule has 0 atom stereocenters. The number of carbonyl (C=O) groups excluding carboxylic acids is 1. The van der Waals surface area contributed by atoms with Gasteiger partial charge in [-0.1, -0.05) is 6.07 Å². The summed E-state index contributed by atoms with van der Waals surface area (Å²) in [6.45, 7) is 0.0556. The summed E-state index contributed by atoms with van der Waals surface area (Å²) >= 11 is 0. The highest BCUT2D eigenvalue weighted by Gasteiger charge is 2.37. The van der Waals surface area contributed by atoms with Crippen LogP contribution in [-0.2, 0) is 17.1 Å². The number of benzene rings is 2. The molecule has 1 aliphatic heterocycles. The summed E-state index contributed by atoms with van der Waals surface area (Å²) in [6.07, 6.45) is -7.69. The van der Waals surface area contributed by atoms with Crippen LogP contribution in [0.1, 0.15) is 16.7 Å². The van der Waals surface area contributed by atoms with Gasteiger partial charge in [0.15, 0.2) is 11.5 Å². The maximum absolute atomic E-state index is 12.8. The van der Waals surface area contributed by atoms with Gasteiger partial charge in [0.1, 0.15) is 0 Å². The lowest BCUT2D eigenvalue weighted by atomic mass is 10.1. The van der Waals surface area contributed by atoms with Crippen LogP contribution in [0.25, 0.3) is 6.08 Å². The fraction of sp³-hybridized carbons (Fsp3) is 0.167. The minimum Gasteiger partial charge on any atom is -0.454 e. The van der Waals surface area contributed by atoms with Crippen LogP contribution in [0.3, 0.4) is 0 Å². The lowest BCUT2D eigenvalue weighted by Gasteiger charge is -2.14. The summed E-state index contributed by atoms with van der Waals surface area (Å²) in [5.74, 6) is 0.0746. The van der Waals surface area contributed by atoms with Crippen molar-refractivity contribution in [2.75, 3.05) is 12.1 Å². The predicted molar refractivity (Wildman–Crippen MR) is 86.7 cm³/mol. The molecule has 1 N–H and O–H groups in total. The fourth-order valence-electron chi connectivity index (χ4n) is 2.40. The van der Waals surface area contributed by atoms with E-state index in [9.17, 15) is 31.1 Å². The molecule has 4 nitrogen and oxygen atoms in total. The summed E-state index contributed by atoms with van der Waals surface area (Å²) in [4.78, 5) is 11.9. The van der Waals surface area contributed by atoms with E-state index in [0.29, 0.717) is 29.2 Å². The molecule has 0 aromatic heterocycles. The summed E-state index contributed by atoms with van der Waals surface area (Å²) < 4.78 is 87.3. The highest BCUT2D eigenvalue weighted by atomic mass is 19.4. The topological polar surface area (TPSA) is 47.6 Å². The van der Waals surface area contributed by atoms with E-state index in [1.165, 1.54) is 6.08 Å². The van der Waals surface area contributed by atoms with Gasteiger partial charge in [0.2, 0.25) is 12.7 Å². The Kier molecular flexibility index (Phi) is 4.97. The van der Waals surface area contributed by atoms with Crippen molar-refractivity contribution in [1.82, 2.24) is 0 Å². The first-order valence-electron chi connectivity index (χ1n) is 7.70. The van der Waals surface area contributed by atoms with Gasteiger partial charge >= 0.3 is 12.4 Å². The van der Waals surface area contributed by atoms with Crippen molar-refractivity contribution in [2.24, 2.45) is 0 Å². The largest absolute Gasteiger partial charge is 0.454 e. The van der Waals surface area contributed by atoms with Crippen LogP contribution >= 0.6 is 0 Å². The number of fused-ring (bicyclic) bond motifs is 1. The van der Waals surface area contributed by atoms with Gasteiger partial charge in [0.05, 0.1) is 11.1 Å². The predicted octanol–water partition coefficient (Wildman–Crippen LogP) is 5.10. The molecule has 0 fully saturated rings. The number of alkyl halides is 6. The quantitative estimate of drug-likeness (QED) is 0.573. The molecule has 0 unspecified atom stereocenters. The Bertz CT molecular complexity index is 902. The van der Waals surface area contributed by atoms with E-state index in [1.807, 2.05) is 5.32 Å². The van der Waals surface area contributed by atoms with E-state index in [1.54, 1.807) is 18.2 Å². The van der Waals surface area contributed by atoms with E-state index in [2.05, 4.69) is 0 Å². The monoisotopic (exact) mass is 403 g/mol. The number of ether oxygens (including phenoxy) is 2. The number of rotatable bonds is 3. The maximum atomic E-state index is 12.8. The average Bonchev–Trinajstić information content (AvgIpc) is 3.06. The van der Waals surface area contributed by atoms with Crippen molar-refractivity contribution in [3.63, 3.8) is 0 Å². The summed E-state index contributed by atoms with van der Waals surface area (Å²) in [5.41, 5.74) is -3.13. The van der Waals surface area contributed by atoms with Crippen molar-refractivity contribution in [1.29, 1.82) is 0 Å². The number of amides is 1. The van der Waals surface area contributed by atoms with Crippen molar-refractivity contribution in [3.8, 4) is 11.5 Å². The summed E-state index contributed by atoms with van der Waals surface area (Å²) in [6, 6.07) is 5.62. The third-order valence-corrected chi connectivity index (χ3v) is 3.68. The van der Waals surface area contributed by atoms with E-state index in [-0.39, 0.29) is 12.9 Å². The molecular weight excluding hydrogens is 392 g/mol. The van der Waals surface area contributed by atoms with Gasteiger partial charge in [-0.3, -0.25) is 4.79 Å². The van der Waals surface area contributed by atoms with Gasteiger partial charge in [-0.25, -0.2) is 0 Å². The molecule has 0 radical (unpaired) electrons. The van der Waals surface area contributed by atoms with E-state index in [0.717, 1.165) is 6.08 Å². The molecule has 2 aromatic rings. The lowest BCUT2D eigenvalue weighted by Crippen LogP contribution is -2.14. The fourth-order valence-corrected chi connectivity index (χ4v) is 2.40. The molecule has 28 heavy (non-hydrogen) atoms. The Morgan fingerprint density at radius 2 is 1.50 bits per heavy atom. The second-order valence-electron chi connectivity index (χ2n) is 5.73. The highest BCUT2D eigenvalue weighted by Crippen LogP contribution is 2.37. The number of carbonyl (C=O) groups is 1. The summed E-state index contributed by atoms with van der Waals surface area (Å²) in [7, 11) is 0. The molecule has 0 saturated heterocycles. The zero-order valence-corrected chi connectivity index (χ0v) is 13.8. The molecular formula is C18H11F6NO3. The van der Waals surface area contributed by atoms with Crippen LogP contribution in [0.2, 0.25) is 0 Å². The van der Waals surface area contributed by atoms with Gasteiger partial charge in [-0.2, -0.15) is 26.3 Å². The van der Waals surface area contributed by atoms with Crippen molar-refractivity contribution >= 4 is 17.7 Å². The number of hydrogen-bond acceptors (Lipinski definition) is 3. The van der Waals surface area contributed by atoms with Gasteiger partial charge < -0.3 is 14.8 Å². The molecule has 10 heteroatoms. The standard InChI is InChI=1S/C18H11F6NO3/c19-17(20,21)11-6-12(18(22,23)24)8-13(7-11)25-16(26)4-2-10-1-3-14-15(5-10)28-9-27-14/h1-8H,9H2,(H,25,26)/b4-2+. The van der Waals surface area contributed by atoms with E-state index < -0.39 is 35.1 Å². The lowest BCUT2D eigenvalue weighted by molar-refractivity contribution is -0.143. The van der Waals surface area contributed by atoms with Crippen molar-refractivity contribution in [2.45, 2.75) is 12.4 Å². The first kappa shape index (κ1) is 19.6. The molecule has 148 valence electrons. The van der Waals surface area contributed by atoms with Crippen LogP contribution in [-0.4, -0.2) is 12.7 Å². The summed E-state index contributed by atoms with van der Waals surface area (Å²) in [5, 5.41) is 2.01. The SMILES string of the molecule is O=C(/C=C/c1ccc2c(c1)OCO2)Nc1cc(C(F)(F)F)cc(C(F)(F)F)c1. The van der Waals surface area contributed by atoms with Crippen LogP contribution in [0.15, 0.2) is 42.5 Å². The van der Waals surface area contributed by atoms with Gasteiger partial charge in [-0.05, 0) is 42.0 Å². The number of nitrogens with one attached hydrogen (secondary N) is 1. The van der Waals surface area contributed by atoms with Crippen LogP contribution < -0.4 is 14.8 Å². The molecule has 0 saturated carbocycles. The molecule has 1 heterocycles. The Labute approximate surface area is 154 Å². The molecule has 1 aliphatic rings. The minimum absolute atomic E-state index is 0.0158. The first-order chi connectivity index (χ1) is 13.0. The molecule has 2 aromatic carbocycles. The zero-order chi connectivity index (χ0) is 20.5. The average molecular weight is 403 g/mol. The smallest absolute Gasteiger partial charge is 0.416 e. The second-order valence-corrected chi connectivity index (χ2v) is 5.73. The Morgan fingerprint density at radius 3 is 2.11 bits per heavy atom. The number of halogens is 6. The number of hydrogen-bond donors (Lipinski definition) is 1. The molecule has 0 bridgehead atoms.